The molecule has 0 saturated carbocycles. The zero-order chi connectivity index (χ0) is 18.5. The van der Waals surface area contributed by atoms with Crippen LogP contribution < -0.4 is 10.6 Å². The molecule has 2 N–H and O–H groups in total. The van der Waals surface area contributed by atoms with Crippen LogP contribution in [-0.4, -0.2) is 16.8 Å². The van der Waals surface area contributed by atoms with E-state index in [1.807, 2.05) is 17.5 Å². The second-order valence-electron chi connectivity index (χ2n) is 5.57. The standard InChI is InChI=1S/C18H16FN3O2S2/c1-11(23)20-9-14-6-7-16(26-14)15-10-25-18(21-15)22-17(24)8-12-2-4-13(19)5-3-12/h2-7,10H,8-9H2,1H3,(H,20,23)(H,21,22,24). The van der Waals surface area contributed by atoms with E-state index in [9.17, 15) is 14.0 Å². The van der Waals surface area contributed by atoms with Crippen molar-refractivity contribution >= 4 is 39.6 Å². The van der Waals surface area contributed by atoms with Gasteiger partial charge in [0.1, 0.15) is 5.82 Å². The van der Waals surface area contributed by atoms with Gasteiger partial charge in [-0.05, 0) is 29.8 Å². The van der Waals surface area contributed by atoms with Gasteiger partial charge in [0.2, 0.25) is 11.8 Å². The zero-order valence-electron chi connectivity index (χ0n) is 13.9. The van der Waals surface area contributed by atoms with Crippen molar-refractivity contribution in [1.29, 1.82) is 0 Å². The molecule has 5 nitrogen and oxygen atoms in total. The number of halogens is 1. The first-order chi connectivity index (χ1) is 12.5. The first kappa shape index (κ1) is 18.2. The van der Waals surface area contributed by atoms with Crippen LogP contribution in [0.3, 0.4) is 0 Å². The summed E-state index contributed by atoms with van der Waals surface area (Å²) in [5, 5.41) is 7.92. The Hall–Kier alpha value is -2.58. The van der Waals surface area contributed by atoms with Gasteiger partial charge < -0.3 is 10.6 Å². The van der Waals surface area contributed by atoms with E-state index in [1.165, 1.54) is 30.4 Å². The SMILES string of the molecule is CC(=O)NCc1ccc(-c2csc(NC(=O)Cc3ccc(F)cc3)n2)s1. The smallest absolute Gasteiger partial charge is 0.230 e. The number of hydrogen-bond donors (Lipinski definition) is 2. The Morgan fingerprint density at radius 2 is 1.92 bits per heavy atom. The molecule has 0 saturated heterocycles. The van der Waals surface area contributed by atoms with Gasteiger partial charge in [0.25, 0.3) is 0 Å². The summed E-state index contributed by atoms with van der Waals surface area (Å²) in [5.74, 6) is -0.595. The van der Waals surface area contributed by atoms with Crippen LogP contribution in [0.1, 0.15) is 17.4 Å². The molecule has 8 heteroatoms. The highest BCUT2D eigenvalue weighted by Gasteiger charge is 2.11. The summed E-state index contributed by atoms with van der Waals surface area (Å²) in [4.78, 5) is 29.5. The van der Waals surface area contributed by atoms with E-state index in [-0.39, 0.29) is 24.1 Å². The van der Waals surface area contributed by atoms with Crippen molar-refractivity contribution in [3.63, 3.8) is 0 Å². The number of aromatic nitrogens is 1. The molecule has 0 radical (unpaired) electrons. The van der Waals surface area contributed by atoms with Crippen molar-refractivity contribution in [2.75, 3.05) is 5.32 Å². The third-order valence-corrected chi connectivity index (χ3v) is 5.32. The fraction of sp³-hybridized carbons (Fsp3) is 0.167. The summed E-state index contributed by atoms with van der Waals surface area (Å²) in [7, 11) is 0. The van der Waals surface area contributed by atoms with Crippen LogP contribution in [0, 0.1) is 5.82 Å². The monoisotopic (exact) mass is 389 g/mol. The third-order valence-electron chi connectivity index (χ3n) is 3.45. The Morgan fingerprint density at radius 3 is 2.65 bits per heavy atom. The number of amides is 2. The first-order valence-corrected chi connectivity index (χ1v) is 9.52. The Labute approximate surface area is 157 Å². The molecule has 2 heterocycles. The molecule has 26 heavy (non-hydrogen) atoms. The lowest BCUT2D eigenvalue weighted by Gasteiger charge is -2.02. The molecule has 0 unspecified atom stereocenters. The van der Waals surface area contributed by atoms with Crippen LogP contribution in [0.15, 0.2) is 41.8 Å². The topological polar surface area (TPSA) is 71.1 Å². The Balaban J connectivity index is 1.59. The number of carbonyl (C=O) groups is 2. The van der Waals surface area contributed by atoms with Gasteiger partial charge in [0.15, 0.2) is 5.13 Å². The van der Waals surface area contributed by atoms with Crippen LogP contribution in [0.2, 0.25) is 0 Å². The van der Waals surface area contributed by atoms with Crippen molar-refractivity contribution in [1.82, 2.24) is 10.3 Å². The summed E-state index contributed by atoms with van der Waals surface area (Å²) in [6.45, 7) is 1.97. The quantitative estimate of drug-likeness (QED) is 0.673. The lowest BCUT2D eigenvalue weighted by molar-refractivity contribution is -0.119. The average molecular weight is 389 g/mol. The molecule has 0 spiro atoms. The molecule has 1 aromatic carbocycles. The van der Waals surface area contributed by atoms with E-state index < -0.39 is 0 Å². The maximum absolute atomic E-state index is 12.9. The minimum Gasteiger partial charge on any atom is -0.351 e. The second-order valence-corrected chi connectivity index (χ2v) is 7.59. The van der Waals surface area contributed by atoms with Gasteiger partial charge in [-0.3, -0.25) is 9.59 Å². The molecular weight excluding hydrogens is 373 g/mol. The number of hydrogen-bond acceptors (Lipinski definition) is 5. The van der Waals surface area contributed by atoms with Crippen molar-refractivity contribution in [3.05, 3.63) is 58.0 Å². The number of carbonyl (C=O) groups excluding carboxylic acids is 2. The highest BCUT2D eigenvalue weighted by atomic mass is 32.1. The summed E-state index contributed by atoms with van der Waals surface area (Å²) in [6.07, 6.45) is 0.162. The molecule has 3 rings (SSSR count). The number of nitrogens with zero attached hydrogens (tertiary/aromatic N) is 1. The van der Waals surface area contributed by atoms with Crippen LogP contribution in [0.4, 0.5) is 9.52 Å². The summed E-state index contributed by atoms with van der Waals surface area (Å²) in [6, 6.07) is 9.73. The largest absolute Gasteiger partial charge is 0.351 e. The van der Waals surface area contributed by atoms with Crippen molar-refractivity contribution in [2.24, 2.45) is 0 Å². The van der Waals surface area contributed by atoms with Gasteiger partial charge >= 0.3 is 0 Å². The average Bonchev–Trinajstić information content (AvgIpc) is 3.24. The minimum atomic E-state index is -0.326. The molecule has 0 aliphatic rings. The van der Waals surface area contributed by atoms with Gasteiger partial charge in [-0.2, -0.15) is 0 Å². The van der Waals surface area contributed by atoms with Crippen LogP contribution >= 0.6 is 22.7 Å². The van der Waals surface area contributed by atoms with Crippen LogP contribution in [-0.2, 0) is 22.6 Å². The Bertz CT molecular complexity index is 919. The molecule has 0 aliphatic heterocycles. The van der Waals surface area contributed by atoms with Crippen LogP contribution in [0.5, 0.6) is 0 Å². The number of thiazole rings is 1. The lowest BCUT2D eigenvalue weighted by Crippen LogP contribution is -2.17. The van der Waals surface area contributed by atoms with E-state index in [0.717, 1.165) is 21.0 Å². The van der Waals surface area contributed by atoms with Crippen LogP contribution in [0.25, 0.3) is 10.6 Å². The van der Waals surface area contributed by atoms with Gasteiger partial charge in [-0.15, -0.1) is 22.7 Å². The molecule has 0 bridgehead atoms. The van der Waals surface area contributed by atoms with E-state index in [4.69, 9.17) is 0 Å². The van der Waals surface area contributed by atoms with E-state index in [2.05, 4.69) is 15.6 Å². The molecule has 0 atom stereocenters. The zero-order valence-corrected chi connectivity index (χ0v) is 15.5. The minimum absolute atomic E-state index is 0.0697. The predicted molar refractivity (Wildman–Crippen MR) is 102 cm³/mol. The number of nitrogens with one attached hydrogen (secondary N) is 2. The van der Waals surface area contributed by atoms with E-state index in [0.29, 0.717) is 11.7 Å². The highest BCUT2D eigenvalue weighted by Crippen LogP contribution is 2.30. The molecular formula is C18H16FN3O2S2. The Kier molecular flexibility index (Phi) is 5.75. The Morgan fingerprint density at radius 1 is 1.15 bits per heavy atom. The van der Waals surface area contributed by atoms with Gasteiger partial charge in [0.05, 0.1) is 23.5 Å². The summed E-state index contributed by atoms with van der Waals surface area (Å²) < 4.78 is 12.9. The molecule has 0 aliphatic carbocycles. The van der Waals surface area contributed by atoms with E-state index in [1.54, 1.807) is 23.5 Å². The van der Waals surface area contributed by atoms with Gasteiger partial charge in [-0.1, -0.05) is 12.1 Å². The predicted octanol–water partition coefficient (Wildman–Crippen LogP) is 3.83. The highest BCUT2D eigenvalue weighted by molar-refractivity contribution is 7.17. The first-order valence-electron chi connectivity index (χ1n) is 7.83. The number of benzene rings is 1. The van der Waals surface area contributed by atoms with Crippen molar-refractivity contribution < 1.29 is 14.0 Å². The van der Waals surface area contributed by atoms with Gasteiger partial charge in [0, 0.05) is 17.2 Å². The fourth-order valence-corrected chi connectivity index (χ4v) is 3.93. The summed E-state index contributed by atoms with van der Waals surface area (Å²) in [5.41, 5.74) is 1.52. The van der Waals surface area contributed by atoms with E-state index >= 15 is 0 Å². The lowest BCUT2D eigenvalue weighted by atomic mass is 10.1. The maximum Gasteiger partial charge on any atom is 0.230 e. The van der Waals surface area contributed by atoms with Crippen molar-refractivity contribution in [3.8, 4) is 10.6 Å². The number of anilines is 1. The molecule has 2 amide bonds. The second kappa shape index (κ2) is 8.20. The molecule has 0 fully saturated rings. The fourth-order valence-electron chi connectivity index (χ4n) is 2.22. The molecule has 3 aromatic rings. The normalized spacial score (nSPS) is 10.5. The number of rotatable bonds is 6. The van der Waals surface area contributed by atoms with Gasteiger partial charge in [-0.25, -0.2) is 9.37 Å². The summed E-state index contributed by atoms with van der Waals surface area (Å²) >= 11 is 2.89. The maximum atomic E-state index is 12.9. The number of thiophene rings is 1. The third kappa shape index (κ3) is 4.96. The molecule has 134 valence electrons. The van der Waals surface area contributed by atoms with Crippen molar-refractivity contribution in [2.45, 2.75) is 19.9 Å². The molecule has 2 aromatic heterocycles.